The summed E-state index contributed by atoms with van der Waals surface area (Å²) in [7, 11) is 0. The number of benzene rings is 2. The first-order chi connectivity index (χ1) is 9.58. The Balaban J connectivity index is 2.32. The highest BCUT2D eigenvalue weighted by Crippen LogP contribution is 2.29. The molecule has 0 atom stereocenters. The summed E-state index contributed by atoms with van der Waals surface area (Å²) in [6.45, 7) is 5.80. The minimum absolute atomic E-state index is 0.0411. The van der Waals surface area contributed by atoms with E-state index in [1.54, 1.807) is 11.5 Å². The molecule has 3 rings (SSSR count). The lowest BCUT2D eigenvalue weighted by Crippen LogP contribution is -2.06. The molecule has 0 unspecified atom stereocenters. The second-order valence-corrected chi connectivity index (χ2v) is 5.24. The fourth-order valence-electron chi connectivity index (χ4n) is 2.61. The summed E-state index contributed by atoms with van der Waals surface area (Å²) in [6, 6.07) is 16.4. The lowest BCUT2D eigenvalue weighted by Gasteiger charge is -2.08. The van der Waals surface area contributed by atoms with E-state index in [0.29, 0.717) is 0 Å². The summed E-state index contributed by atoms with van der Waals surface area (Å²) in [5, 5.41) is 1.09. The molecule has 2 nitrogen and oxygen atoms in total. The quantitative estimate of drug-likeness (QED) is 0.629. The van der Waals surface area contributed by atoms with Crippen molar-refractivity contribution < 1.29 is 4.79 Å². The lowest BCUT2D eigenvalue weighted by atomic mass is 10.0. The van der Waals surface area contributed by atoms with E-state index < -0.39 is 0 Å². The molecule has 1 heterocycles. The maximum Gasteiger partial charge on any atom is 0.228 e. The molecule has 0 fully saturated rings. The first-order valence-corrected chi connectivity index (χ1v) is 6.77. The van der Waals surface area contributed by atoms with Crippen molar-refractivity contribution in [3.63, 3.8) is 0 Å². The smallest absolute Gasteiger partial charge is 0.228 e. The van der Waals surface area contributed by atoms with E-state index >= 15 is 0 Å². The normalized spacial score (nSPS) is 10.9. The van der Waals surface area contributed by atoms with Gasteiger partial charge >= 0.3 is 0 Å². The van der Waals surface area contributed by atoms with Gasteiger partial charge in [-0.1, -0.05) is 30.3 Å². The molecule has 100 valence electrons. The first kappa shape index (κ1) is 12.7. The van der Waals surface area contributed by atoms with Gasteiger partial charge < -0.3 is 0 Å². The molecule has 0 spiro atoms. The Morgan fingerprint density at radius 3 is 2.40 bits per heavy atom. The Labute approximate surface area is 118 Å². The van der Waals surface area contributed by atoms with E-state index in [2.05, 4.69) is 38.1 Å². The third kappa shape index (κ3) is 1.94. The number of para-hydroxylation sites is 1. The zero-order valence-corrected chi connectivity index (χ0v) is 12.0. The van der Waals surface area contributed by atoms with E-state index in [-0.39, 0.29) is 5.91 Å². The van der Waals surface area contributed by atoms with Gasteiger partial charge in [0.1, 0.15) is 0 Å². The van der Waals surface area contributed by atoms with Crippen molar-refractivity contribution in [3.05, 3.63) is 59.7 Å². The molecule has 0 aliphatic heterocycles. The Morgan fingerprint density at radius 2 is 1.70 bits per heavy atom. The van der Waals surface area contributed by atoms with Crippen molar-refractivity contribution in [1.82, 2.24) is 4.57 Å². The number of rotatable bonds is 1. The van der Waals surface area contributed by atoms with Crippen LogP contribution in [0.2, 0.25) is 0 Å². The molecule has 2 aromatic carbocycles. The van der Waals surface area contributed by atoms with Gasteiger partial charge in [-0.25, -0.2) is 0 Å². The van der Waals surface area contributed by atoms with Crippen LogP contribution < -0.4 is 0 Å². The molecule has 0 bridgehead atoms. The van der Waals surface area contributed by atoms with Crippen LogP contribution in [-0.4, -0.2) is 10.5 Å². The molecule has 2 heteroatoms. The summed E-state index contributed by atoms with van der Waals surface area (Å²) in [6.07, 6.45) is 0. The van der Waals surface area contributed by atoms with E-state index in [1.165, 1.54) is 11.1 Å². The van der Waals surface area contributed by atoms with Crippen LogP contribution in [0.15, 0.2) is 48.5 Å². The second-order valence-electron chi connectivity index (χ2n) is 5.24. The molecule has 0 saturated heterocycles. The fourth-order valence-corrected chi connectivity index (χ4v) is 2.61. The van der Waals surface area contributed by atoms with Crippen LogP contribution in [0.25, 0.3) is 22.2 Å². The van der Waals surface area contributed by atoms with Gasteiger partial charge in [0.05, 0.1) is 11.2 Å². The van der Waals surface area contributed by atoms with Gasteiger partial charge in [0.25, 0.3) is 0 Å². The zero-order chi connectivity index (χ0) is 14.3. The van der Waals surface area contributed by atoms with Gasteiger partial charge in [-0.3, -0.25) is 9.36 Å². The largest absolute Gasteiger partial charge is 0.280 e. The minimum atomic E-state index is 0.0411. The van der Waals surface area contributed by atoms with Crippen LogP contribution in [0, 0.1) is 13.8 Å². The molecule has 0 aliphatic rings. The van der Waals surface area contributed by atoms with Crippen LogP contribution >= 0.6 is 0 Å². The predicted molar refractivity (Wildman–Crippen MR) is 83.1 cm³/mol. The van der Waals surface area contributed by atoms with Gasteiger partial charge in [-0.05, 0) is 48.7 Å². The molecule has 0 aliphatic carbocycles. The number of aromatic nitrogens is 1. The SMILES string of the molecule is CC(=O)n1c(-c2ccc(C)c(C)c2)cc2ccccc21. The van der Waals surface area contributed by atoms with Gasteiger partial charge in [0, 0.05) is 12.3 Å². The Morgan fingerprint density at radius 1 is 0.950 bits per heavy atom. The highest BCUT2D eigenvalue weighted by Gasteiger charge is 2.13. The summed E-state index contributed by atoms with van der Waals surface area (Å²) in [5.41, 5.74) is 5.51. The van der Waals surface area contributed by atoms with Crippen LogP contribution in [0.3, 0.4) is 0 Å². The summed E-state index contributed by atoms with van der Waals surface area (Å²) >= 11 is 0. The van der Waals surface area contributed by atoms with Crippen LogP contribution in [-0.2, 0) is 0 Å². The molecule has 20 heavy (non-hydrogen) atoms. The van der Waals surface area contributed by atoms with E-state index in [9.17, 15) is 4.79 Å². The molecule has 0 N–H and O–H groups in total. The number of carbonyl (C=O) groups is 1. The minimum Gasteiger partial charge on any atom is -0.280 e. The summed E-state index contributed by atoms with van der Waals surface area (Å²) in [5.74, 6) is 0.0411. The summed E-state index contributed by atoms with van der Waals surface area (Å²) in [4.78, 5) is 12.0. The molecular weight excluding hydrogens is 246 g/mol. The van der Waals surface area contributed by atoms with Gasteiger partial charge in [-0.15, -0.1) is 0 Å². The van der Waals surface area contributed by atoms with Gasteiger partial charge in [0.2, 0.25) is 5.91 Å². The third-order valence-corrected chi connectivity index (χ3v) is 3.83. The van der Waals surface area contributed by atoms with Crippen molar-refractivity contribution in [3.8, 4) is 11.3 Å². The van der Waals surface area contributed by atoms with Gasteiger partial charge in [-0.2, -0.15) is 0 Å². The Kier molecular flexibility index (Phi) is 2.94. The van der Waals surface area contributed by atoms with Crippen molar-refractivity contribution in [2.45, 2.75) is 20.8 Å². The molecule has 0 amide bonds. The Hall–Kier alpha value is -2.35. The van der Waals surface area contributed by atoms with Crippen LogP contribution in [0.1, 0.15) is 22.8 Å². The average molecular weight is 263 g/mol. The molecule has 0 radical (unpaired) electrons. The zero-order valence-electron chi connectivity index (χ0n) is 12.0. The van der Waals surface area contributed by atoms with E-state index in [4.69, 9.17) is 0 Å². The van der Waals surface area contributed by atoms with E-state index in [0.717, 1.165) is 22.2 Å². The third-order valence-electron chi connectivity index (χ3n) is 3.83. The highest BCUT2D eigenvalue weighted by atomic mass is 16.1. The average Bonchev–Trinajstić information content (AvgIpc) is 2.81. The number of nitrogens with zero attached hydrogens (tertiary/aromatic N) is 1. The predicted octanol–water partition coefficient (Wildman–Crippen LogP) is 4.59. The number of fused-ring (bicyclic) bond motifs is 1. The van der Waals surface area contributed by atoms with Crippen molar-refractivity contribution in [2.24, 2.45) is 0 Å². The maximum atomic E-state index is 12.0. The monoisotopic (exact) mass is 263 g/mol. The van der Waals surface area contributed by atoms with Crippen molar-refractivity contribution in [2.75, 3.05) is 0 Å². The number of hydrogen-bond donors (Lipinski definition) is 0. The topological polar surface area (TPSA) is 22.0 Å². The van der Waals surface area contributed by atoms with Gasteiger partial charge in [0.15, 0.2) is 0 Å². The van der Waals surface area contributed by atoms with Crippen molar-refractivity contribution >= 4 is 16.8 Å². The molecule has 0 saturated carbocycles. The lowest BCUT2D eigenvalue weighted by molar-refractivity contribution is 0.0943. The maximum absolute atomic E-state index is 12.0. The fraction of sp³-hybridized carbons (Fsp3) is 0.167. The first-order valence-electron chi connectivity index (χ1n) is 6.77. The number of carbonyl (C=O) groups excluding carboxylic acids is 1. The van der Waals surface area contributed by atoms with Crippen LogP contribution in [0.4, 0.5) is 0 Å². The van der Waals surface area contributed by atoms with Crippen LogP contribution in [0.5, 0.6) is 0 Å². The molecule has 3 aromatic rings. The summed E-state index contributed by atoms with van der Waals surface area (Å²) < 4.78 is 1.79. The second kappa shape index (κ2) is 4.64. The molecule has 1 aromatic heterocycles. The van der Waals surface area contributed by atoms with Crippen molar-refractivity contribution in [1.29, 1.82) is 0 Å². The number of aryl methyl sites for hydroxylation is 2. The standard InChI is InChI=1S/C18H17NO/c1-12-8-9-16(10-13(12)2)18-11-15-6-4-5-7-17(15)19(18)14(3)20/h4-11H,1-3H3. The highest BCUT2D eigenvalue weighted by molar-refractivity contribution is 5.97. The number of hydrogen-bond acceptors (Lipinski definition) is 1. The molecular formula is C18H17NO. The van der Waals surface area contributed by atoms with E-state index in [1.807, 2.05) is 24.3 Å². The Bertz CT molecular complexity index is 811.